The van der Waals surface area contributed by atoms with Gasteiger partial charge in [0.15, 0.2) is 0 Å². The molecule has 5 rings (SSSR count). The molecule has 0 bridgehead atoms. The van der Waals surface area contributed by atoms with Gasteiger partial charge in [-0.2, -0.15) is 9.47 Å². The maximum absolute atomic E-state index is 13.1. The Bertz CT molecular complexity index is 1060. The molecule has 3 aromatic rings. The van der Waals surface area contributed by atoms with Crippen molar-refractivity contribution in [3.8, 4) is 11.4 Å². The van der Waals surface area contributed by atoms with Crippen molar-refractivity contribution in [1.29, 1.82) is 0 Å². The zero-order valence-electron chi connectivity index (χ0n) is 17.2. The third-order valence-electron chi connectivity index (χ3n) is 6.38. The first-order chi connectivity index (χ1) is 14.6. The predicted molar refractivity (Wildman–Crippen MR) is 115 cm³/mol. The van der Waals surface area contributed by atoms with Gasteiger partial charge in [0.1, 0.15) is 17.0 Å². The molecule has 9 heteroatoms. The van der Waals surface area contributed by atoms with Crippen molar-refractivity contribution in [3.63, 3.8) is 0 Å². The van der Waals surface area contributed by atoms with Crippen molar-refractivity contribution in [2.75, 3.05) is 31.8 Å². The summed E-state index contributed by atoms with van der Waals surface area (Å²) < 4.78 is 16.6. The topological polar surface area (TPSA) is 93.2 Å². The molecule has 1 aliphatic carbocycles. The molecular weight excluding hydrogens is 402 g/mol. The molecule has 0 amide bonds. The summed E-state index contributed by atoms with van der Waals surface area (Å²) in [5.74, 6) is 0.703. The Morgan fingerprint density at radius 2 is 2.23 bits per heavy atom. The van der Waals surface area contributed by atoms with Crippen LogP contribution in [0.3, 0.4) is 0 Å². The van der Waals surface area contributed by atoms with Crippen LogP contribution in [0.15, 0.2) is 18.3 Å². The van der Waals surface area contributed by atoms with E-state index in [1.165, 1.54) is 18.6 Å². The molecule has 8 nitrogen and oxygen atoms in total. The van der Waals surface area contributed by atoms with E-state index in [-0.39, 0.29) is 12.0 Å². The number of anilines is 1. The molecule has 1 aliphatic heterocycles. The molecular formula is C21H25N5O3S. The molecule has 1 saturated heterocycles. The first-order valence-electron chi connectivity index (χ1n) is 10.4. The summed E-state index contributed by atoms with van der Waals surface area (Å²) in [6.45, 7) is 4.22. The zero-order valence-corrected chi connectivity index (χ0v) is 18.0. The van der Waals surface area contributed by atoms with Gasteiger partial charge in [-0.05, 0) is 49.0 Å². The first-order valence-corrected chi connectivity index (χ1v) is 11.1. The lowest BCUT2D eigenvalue weighted by molar-refractivity contribution is -0.147. The van der Waals surface area contributed by atoms with Gasteiger partial charge in [-0.15, -0.1) is 0 Å². The average Bonchev–Trinajstić information content (AvgIpc) is 3.53. The molecule has 0 unspecified atom stereocenters. The van der Waals surface area contributed by atoms with Crippen LogP contribution in [-0.4, -0.2) is 58.4 Å². The van der Waals surface area contributed by atoms with Crippen LogP contribution in [0.4, 0.5) is 5.82 Å². The number of methoxy groups -OCH3 is 1. The fourth-order valence-corrected chi connectivity index (χ4v) is 5.75. The number of aromatic nitrogens is 4. The molecule has 4 heterocycles. The number of fused-ring (bicyclic) bond motifs is 1. The molecule has 1 saturated carbocycles. The van der Waals surface area contributed by atoms with Crippen LogP contribution >= 0.6 is 11.5 Å². The number of hydrogen-bond donors (Lipinski definition) is 1. The second-order valence-electron chi connectivity index (χ2n) is 8.11. The summed E-state index contributed by atoms with van der Waals surface area (Å²) in [5.41, 5.74) is 2.76. The summed E-state index contributed by atoms with van der Waals surface area (Å²) in [7, 11) is 1.48. The molecule has 1 N–H and O–H groups in total. The van der Waals surface area contributed by atoms with Gasteiger partial charge in [0.25, 0.3) is 0 Å². The largest absolute Gasteiger partial charge is 0.468 e. The Morgan fingerprint density at radius 3 is 2.93 bits per heavy atom. The van der Waals surface area contributed by atoms with E-state index in [4.69, 9.17) is 18.8 Å². The van der Waals surface area contributed by atoms with E-state index in [0.29, 0.717) is 13.2 Å². The smallest absolute Gasteiger partial charge is 0.316 e. The van der Waals surface area contributed by atoms with Gasteiger partial charge in [-0.25, -0.2) is 4.98 Å². The Kier molecular flexibility index (Phi) is 4.94. The van der Waals surface area contributed by atoms with Gasteiger partial charge >= 0.3 is 5.97 Å². The quantitative estimate of drug-likeness (QED) is 0.639. The number of nitrogens with zero attached hydrogens (tertiary/aromatic N) is 4. The van der Waals surface area contributed by atoms with Crippen LogP contribution in [0.1, 0.15) is 38.2 Å². The molecule has 158 valence electrons. The van der Waals surface area contributed by atoms with E-state index in [2.05, 4.69) is 28.1 Å². The Hall–Kier alpha value is -2.52. The Morgan fingerprint density at radius 1 is 1.40 bits per heavy atom. The monoisotopic (exact) mass is 427 g/mol. The maximum atomic E-state index is 13.1. The molecule has 2 aliphatic rings. The van der Waals surface area contributed by atoms with Gasteiger partial charge in [0.05, 0.1) is 42.2 Å². The molecule has 0 radical (unpaired) electrons. The number of pyridine rings is 1. The normalized spacial score (nSPS) is 21.3. The second-order valence-corrected chi connectivity index (χ2v) is 8.88. The minimum atomic E-state index is -0.641. The van der Waals surface area contributed by atoms with Crippen molar-refractivity contribution < 1.29 is 14.3 Å². The molecule has 3 aromatic heterocycles. The van der Waals surface area contributed by atoms with Crippen molar-refractivity contribution in [2.45, 2.75) is 44.1 Å². The fourth-order valence-electron chi connectivity index (χ4n) is 4.80. The second kappa shape index (κ2) is 7.63. The highest BCUT2D eigenvalue weighted by Crippen LogP contribution is 2.47. The number of rotatable bonds is 4. The lowest BCUT2D eigenvalue weighted by Gasteiger charge is -2.35. The summed E-state index contributed by atoms with van der Waals surface area (Å²) in [4.78, 5) is 20.4. The highest BCUT2D eigenvalue weighted by molar-refractivity contribution is 7.13. The molecule has 30 heavy (non-hydrogen) atoms. The van der Waals surface area contributed by atoms with Crippen LogP contribution < -0.4 is 4.90 Å². The number of hydrogen-bond acceptors (Lipinski definition) is 8. The summed E-state index contributed by atoms with van der Waals surface area (Å²) >= 11 is 1.40. The predicted octanol–water partition coefficient (Wildman–Crippen LogP) is 3.29. The molecule has 0 spiro atoms. The van der Waals surface area contributed by atoms with Gasteiger partial charge in [-0.3, -0.25) is 9.89 Å². The van der Waals surface area contributed by atoms with Crippen LogP contribution in [0, 0.1) is 0 Å². The number of H-pyrrole nitrogens is 1. The van der Waals surface area contributed by atoms with Crippen molar-refractivity contribution in [1.82, 2.24) is 19.6 Å². The third kappa shape index (κ3) is 2.99. The highest BCUT2D eigenvalue weighted by atomic mass is 32.1. The van der Waals surface area contributed by atoms with Gasteiger partial charge in [0, 0.05) is 12.7 Å². The summed E-state index contributed by atoms with van der Waals surface area (Å²) in [6.07, 6.45) is 5.30. The molecule has 0 aromatic carbocycles. The fraction of sp³-hybridized carbons (Fsp3) is 0.524. The highest BCUT2D eigenvalue weighted by Gasteiger charge is 2.46. The van der Waals surface area contributed by atoms with Crippen LogP contribution in [-0.2, 0) is 19.7 Å². The maximum Gasteiger partial charge on any atom is 0.316 e. The van der Waals surface area contributed by atoms with Gasteiger partial charge in [-0.1, -0.05) is 12.8 Å². The minimum Gasteiger partial charge on any atom is -0.468 e. The lowest BCUT2D eigenvalue weighted by atomic mass is 9.78. The number of esters is 1. The van der Waals surface area contributed by atoms with Crippen LogP contribution in [0.2, 0.25) is 0 Å². The Labute approximate surface area is 178 Å². The van der Waals surface area contributed by atoms with Crippen molar-refractivity contribution in [2.24, 2.45) is 0 Å². The number of morpholine rings is 1. The van der Waals surface area contributed by atoms with E-state index in [1.54, 1.807) is 6.20 Å². The lowest BCUT2D eigenvalue weighted by Crippen LogP contribution is -2.44. The summed E-state index contributed by atoms with van der Waals surface area (Å²) in [5, 5.41) is 7.08. The SMILES string of the molecule is COC(=O)C1(c2cc(N3CCOC[C@H]3C)nc3c(-c4ccn[nH]4)nsc23)CCCC1. The molecule has 2 fully saturated rings. The van der Waals surface area contributed by atoms with E-state index in [1.807, 2.05) is 6.07 Å². The summed E-state index contributed by atoms with van der Waals surface area (Å²) in [6, 6.07) is 4.20. The number of carbonyl (C=O) groups excluding carboxylic acids is 1. The van der Waals surface area contributed by atoms with Crippen LogP contribution in [0.5, 0.6) is 0 Å². The van der Waals surface area contributed by atoms with E-state index < -0.39 is 5.41 Å². The average molecular weight is 428 g/mol. The number of carbonyl (C=O) groups is 1. The Balaban J connectivity index is 1.75. The van der Waals surface area contributed by atoms with E-state index >= 15 is 0 Å². The number of ether oxygens (including phenoxy) is 2. The van der Waals surface area contributed by atoms with Gasteiger partial charge in [0.2, 0.25) is 0 Å². The first kappa shape index (κ1) is 19.4. The number of aromatic amines is 1. The van der Waals surface area contributed by atoms with Crippen molar-refractivity contribution >= 4 is 33.5 Å². The standard InChI is InChI=1S/C21H25N5O3S/c1-13-12-29-10-9-26(13)16-11-14(21(20(27)28-2)6-3-4-7-21)19-18(23-16)17(25-30-19)15-5-8-22-24-15/h5,8,11,13H,3-4,6-7,9-10,12H2,1-2H3,(H,22,24)/t13-/m1/s1. The third-order valence-corrected chi connectivity index (χ3v) is 7.25. The zero-order chi connectivity index (χ0) is 20.7. The van der Waals surface area contributed by atoms with Gasteiger partial charge < -0.3 is 14.4 Å². The number of nitrogens with one attached hydrogen (secondary N) is 1. The van der Waals surface area contributed by atoms with E-state index in [9.17, 15) is 4.79 Å². The van der Waals surface area contributed by atoms with E-state index in [0.717, 1.165) is 65.2 Å². The molecule has 1 atom stereocenters. The van der Waals surface area contributed by atoms with Crippen molar-refractivity contribution in [3.05, 3.63) is 23.9 Å². The van der Waals surface area contributed by atoms with Crippen LogP contribution in [0.25, 0.3) is 21.6 Å². The minimum absolute atomic E-state index is 0.162.